The summed E-state index contributed by atoms with van der Waals surface area (Å²) in [7, 11) is 3.43. The Morgan fingerprint density at radius 1 is 1.15 bits per heavy atom. The van der Waals surface area contributed by atoms with Crippen LogP contribution < -0.4 is 4.74 Å². The fourth-order valence-corrected chi connectivity index (χ4v) is 1.32. The van der Waals surface area contributed by atoms with Gasteiger partial charge in [-0.1, -0.05) is 18.2 Å². The smallest absolute Gasteiger partial charge is 0.122 e. The van der Waals surface area contributed by atoms with E-state index in [4.69, 9.17) is 9.47 Å². The number of para-hydroxylation sites is 1. The van der Waals surface area contributed by atoms with Crippen LogP contribution in [0.5, 0.6) is 5.75 Å². The van der Waals surface area contributed by atoms with Gasteiger partial charge in [0.05, 0.1) is 7.11 Å². The van der Waals surface area contributed by atoms with Crippen molar-refractivity contribution < 1.29 is 9.47 Å². The zero-order valence-corrected chi connectivity index (χ0v) is 8.25. The first kappa shape index (κ1) is 10.1. The number of hydrogen-bond acceptors (Lipinski definition) is 2. The average Bonchev–Trinajstić information content (AvgIpc) is 2.19. The highest BCUT2D eigenvalue weighted by atomic mass is 16.5. The average molecular weight is 180 g/mol. The molecule has 13 heavy (non-hydrogen) atoms. The van der Waals surface area contributed by atoms with Crippen LogP contribution in [0.15, 0.2) is 24.3 Å². The summed E-state index contributed by atoms with van der Waals surface area (Å²) in [5.41, 5.74) is 1.25. The number of benzene rings is 1. The molecule has 0 saturated heterocycles. The van der Waals surface area contributed by atoms with Crippen LogP contribution >= 0.6 is 0 Å². The zero-order chi connectivity index (χ0) is 9.52. The molecule has 1 rings (SSSR count). The standard InChI is InChI=1S/C11H16O2/c1-12-9-5-7-10-6-3-4-8-11(10)13-2/h3-4,6,8H,5,7,9H2,1-2H3. The van der Waals surface area contributed by atoms with Gasteiger partial charge in [0, 0.05) is 13.7 Å². The number of rotatable bonds is 5. The molecule has 0 aliphatic carbocycles. The van der Waals surface area contributed by atoms with Gasteiger partial charge in [0.25, 0.3) is 0 Å². The van der Waals surface area contributed by atoms with E-state index in [1.165, 1.54) is 5.56 Å². The van der Waals surface area contributed by atoms with Gasteiger partial charge in [0.2, 0.25) is 0 Å². The molecule has 2 nitrogen and oxygen atoms in total. The van der Waals surface area contributed by atoms with Gasteiger partial charge < -0.3 is 9.47 Å². The predicted molar refractivity (Wildman–Crippen MR) is 53.2 cm³/mol. The molecule has 2 heteroatoms. The largest absolute Gasteiger partial charge is 0.496 e. The van der Waals surface area contributed by atoms with Crippen LogP contribution in [0.1, 0.15) is 12.0 Å². The number of methoxy groups -OCH3 is 2. The molecule has 0 aliphatic heterocycles. The van der Waals surface area contributed by atoms with Crippen molar-refractivity contribution in [2.24, 2.45) is 0 Å². The molecule has 1 aromatic carbocycles. The number of ether oxygens (including phenoxy) is 2. The van der Waals surface area contributed by atoms with Crippen LogP contribution in [-0.4, -0.2) is 20.8 Å². The van der Waals surface area contributed by atoms with Gasteiger partial charge in [0.1, 0.15) is 5.75 Å². The maximum Gasteiger partial charge on any atom is 0.122 e. The molecule has 0 atom stereocenters. The Morgan fingerprint density at radius 2 is 1.92 bits per heavy atom. The fourth-order valence-electron chi connectivity index (χ4n) is 1.32. The third-order valence-electron chi connectivity index (χ3n) is 1.99. The minimum atomic E-state index is 0.804. The van der Waals surface area contributed by atoms with Crippen LogP contribution in [0.3, 0.4) is 0 Å². The van der Waals surface area contributed by atoms with Crippen LogP contribution in [0.2, 0.25) is 0 Å². The highest BCUT2D eigenvalue weighted by Gasteiger charge is 1.99. The fraction of sp³-hybridized carbons (Fsp3) is 0.455. The molecule has 0 radical (unpaired) electrons. The van der Waals surface area contributed by atoms with E-state index in [2.05, 4.69) is 6.07 Å². The van der Waals surface area contributed by atoms with E-state index >= 15 is 0 Å². The third-order valence-corrected chi connectivity index (χ3v) is 1.99. The van der Waals surface area contributed by atoms with Crippen molar-refractivity contribution in [3.05, 3.63) is 29.8 Å². The molecule has 0 aromatic heterocycles. The van der Waals surface area contributed by atoms with Crippen molar-refractivity contribution in [3.63, 3.8) is 0 Å². The molecule has 0 aliphatic rings. The van der Waals surface area contributed by atoms with E-state index in [-0.39, 0.29) is 0 Å². The highest BCUT2D eigenvalue weighted by Crippen LogP contribution is 2.18. The first-order valence-electron chi connectivity index (χ1n) is 4.49. The predicted octanol–water partition coefficient (Wildman–Crippen LogP) is 2.27. The Hall–Kier alpha value is -1.02. The lowest BCUT2D eigenvalue weighted by atomic mass is 10.1. The maximum atomic E-state index is 5.24. The zero-order valence-electron chi connectivity index (χ0n) is 8.25. The molecule has 0 fully saturated rings. The third kappa shape index (κ3) is 3.07. The lowest BCUT2D eigenvalue weighted by molar-refractivity contribution is 0.195. The second-order valence-electron chi connectivity index (χ2n) is 2.91. The van der Waals surface area contributed by atoms with Gasteiger partial charge in [-0.3, -0.25) is 0 Å². The summed E-state index contributed by atoms with van der Waals surface area (Å²) < 4.78 is 10.2. The summed E-state index contributed by atoms with van der Waals surface area (Å²) >= 11 is 0. The molecule has 0 spiro atoms. The molecule has 0 N–H and O–H groups in total. The maximum absolute atomic E-state index is 5.24. The van der Waals surface area contributed by atoms with Crippen molar-refractivity contribution in [3.8, 4) is 5.75 Å². The number of hydrogen-bond donors (Lipinski definition) is 0. The van der Waals surface area contributed by atoms with Crippen LogP contribution in [0.25, 0.3) is 0 Å². The van der Waals surface area contributed by atoms with Crippen molar-refractivity contribution in [1.29, 1.82) is 0 Å². The van der Waals surface area contributed by atoms with E-state index in [9.17, 15) is 0 Å². The molecular weight excluding hydrogens is 164 g/mol. The minimum absolute atomic E-state index is 0.804. The van der Waals surface area contributed by atoms with E-state index in [1.54, 1.807) is 14.2 Å². The molecular formula is C11H16O2. The molecule has 0 unspecified atom stereocenters. The first-order chi connectivity index (χ1) is 6.38. The Balaban J connectivity index is 2.54. The lowest BCUT2D eigenvalue weighted by Gasteiger charge is -2.06. The van der Waals surface area contributed by atoms with Crippen LogP contribution in [0, 0.1) is 0 Å². The highest BCUT2D eigenvalue weighted by molar-refractivity contribution is 5.33. The summed E-state index contributed by atoms with van der Waals surface area (Å²) in [5.74, 6) is 0.971. The van der Waals surface area contributed by atoms with Crippen LogP contribution in [-0.2, 0) is 11.2 Å². The van der Waals surface area contributed by atoms with Gasteiger partial charge in [-0.15, -0.1) is 0 Å². The first-order valence-corrected chi connectivity index (χ1v) is 4.49. The van der Waals surface area contributed by atoms with Gasteiger partial charge in [0.15, 0.2) is 0 Å². The molecule has 72 valence electrons. The monoisotopic (exact) mass is 180 g/mol. The van der Waals surface area contributed by atoms with E-state index in [1.807, 2.05) is 18.2 Å². The van der Waals surface area contributed by atoms with Gasteiger partial charge in [-0.05, 0) is 24.5 Å². The van der Waals surface area contributed by atoms with Crippen molar-refractivity contribution >= 4 is 0 Å². The van der Waals surface area contributed by atoms with E-state index in [0.717, 1.165) is 25.2 Å². The van der Waals surface area contributed by atoms with E-state index in [0.29, 0.717) is 0 Å². The lowest BCUT2D eigenvalue weighted by Crippen LogP contribution is -1.95. The summed E-state index contributed by atoms with van der Waals surface area (Å²) in [6.07, 6.45) is 2.05. The van der Waals surface area contributed by atoms with Gasteiger partial charge in [-0.25, -0.2) is 0 Å². The molecule has 0 heterocycles. The second kappa shape index (κ2) is 5.60. The number of aryl methyl sites for hydroxylation is 1. The van der Waals surface area contributed by atoms with Crippen molar-refractivity contribution in [1.82, 2.24) is 0 Å². The quantitative estimate of drug-likeness (QED) is 0.647. The Kier molecular flexibility index (Phi) is 4.33. The molecule has 1 aromatic rings. The molecule has 0 amide bonds. The summed E-state index contributed by atoms with van der Waals surface area (Å²) in [6, 6.07) is 8.10. The Bertz CT molecular complexity index is 246. The van der Waals surface area contributed by atoms with Gasteiger partial charge in [-0.2, -0.15) is 0 Å². The summed E-state index contributed by atoms with van der Waals surface area (Å²) in [6.45, 7) is 0.804. The van der Waals surface area contributed by atoms with Crippen molar-refractivity contribution in [2.75, 3.05) is 20.8 Å². The molecule has 0 saturated carbocycles. The van der Waals surface area contributed by atoms with E-state index < -0.39 is 0 Å². The normalized spacial score (nSPS) is 10.0. The Morgan fingerprint density at radius 3 is 2.62 bits per heavy atom. The van der Waals surface area contributed by atoms with Crippen molar-refractivity contribution in [2.45, 2.75) is 12.8 Å². The van der Waals surface area contributed by atoms with Gasteiger partial charge >= 0.3 is 0 Å². The summed E-state index contributed by atoms with van der Waals surface area (Å²) in [5, 5.41) is 0. The summed E-state index contributed by atoms with van der Waals surface area (Å²) in [4.78, 5) is 0. The SMILES string of the molecule is COCCCc1ccccc1OC. The topological polar surface area (TPSA) is 18.5 Å². The Labute approximate surface area is 79.5 Å². The molecule has 0 bridgehead atoms. The second-order valence-corrected chi connectivity index (χ2v) is 2.91. The van der Waals surface area contributed by atoms with Crippen LogP contribution in [0.4, 0.5) is 0 Å². The minimum Gasteiger partial charge on any atom is -0.496 e.